The molecule has 1 atom stereocenters. The first kappa shape index (κ1) is 21.0. The molecule has 6 heteroatoms. The average Bonchev–Trinajstić information content (AvgIpc) is 2.60. The summed E-state index contributed by atoms with van der Waals surface area (Å²) < 4.78 is 0. The normalized spacial score (nSPS) is 12.5. The number of aliphatic hydroxyl groups excluding tert-OH is 2. The molecule has 0 heterocycles. The molecule has 25 heavy (non-hydrogen) atoms. The van der Waals surface area contributed by atoms with Gasteiger partial charge >= 0.3 is 0 Å². The Bertz CT molecular complexity index is 597. The predicted octanol–water partition coefficient (Wildman–Crippen LogP) is 1.33. The Labute approximate surface area is 148 Å². The molecule has 0 saturated heterocycles. The third kappa shape index (κ3) is 6.40. The van der Waals surface area contributed by atoms with Crippen LogP contribution in [0.2, 0.25) is 0 Å². The number of benzene rings is 1. The Morgan fingerprint density at radius 2 is 1.72 bits per heavy atom. The molecule has 0 saturated carbocycles. The highest BCUT2D eigenvalue weighted by molar-refractivity contribution is 6.35. The summed E-state index contributed by atoms with van der Waals surface area (Å²) in [5, 5.41) is 19.1. The van der Waals surface area contributed by atoms with Gasteiger partial charge in [-0.2, -0.15) is 0 Å². The van der Waals surface area contributed by atoms with Crippen LogP contribution in [0.25, 0.3) is 0 Å². The summed E-state index contributed by atoms with van der Waals surface area (Å²) in [6, 6.07) is 9.34. The molecule has 2 N–H and O–H groups in total. The van der Waals surface area contributed by atoms with E-state index in [9.17, 15) is 19.5 Å². The minimum Gasteiger partial charge on any atom is -0.396 e. The van der Waals surface area contributed by atoms with Crippen molar-refractivity contribution >= 4 is 17.5 Å². The molecule has 0 spiro atoms. The number of hydrogen-bond donors (Lipinski definition) is 2. The smallest absolute Gasteiger partial charge is 0.289 e. The summed E-state index contributed by atoms with van der Waals surface area (Å²) in [7, 11) is 1.56. The number of hydrogen-bond acceptors (Lipinski definition) is 5. The van der Waals surface area contributed by atoms with Gasteiger partial charge in [-0.1, -0.05) is 44.2 Å². The van der Waals surface area contributed by atoms with E-state index in [-0.39, 0.29) is 25.9 Å². The lowest BCUT2D eigenvalue weighted by atomic mass is 9.84. The molecule has 0 radical (unpaired) electrons. The predicted molar refractivity (Wildman–Crippen MR) is 93.7 cm³/mol. The van der Waals surface area contributed by atoms with E-state index in [1.807, 2.05) is 30.3 Å². The monoisotopic (exact) mass is 349 g/mol. The van der Waals surface area contributed by atoms with Crippen LogP contribution >= 0.6 is 0 Å². The van der Waals surface area contributed by atoms with Crippen molar-refractivity contribution in [1.29, 1.82) is 0 Å². The topological polar surface area (TPSA) is 94.9 Å². The van der Waals surface area contributed by atoms with E-state index >= 15 is 0 Å². The van der Waals surface area contributed by atoms with Crippen LogP contribution in [0.4, 0.5) is 0 Å². The number of carbonyl (C=O) groups is 3. The van der Waals surface area contributed by atoms with Crippen LogP contribution < -0.4 is 0 Å². The molecule has 1 amide bonds. The van der Waals surface area contributed by atoms with E-state index in [4.69, 9.17) is 5.11 Å². The van der Waals surface area contributed by atoms with Gasteiger partial charge in [-0.05, 0) is 12.0 Å². The van der Waals surface area contributed by atoms with Crippen LogP contribution in [0.15, 0.2) is 30.3 Å². The van der Waals surface area contributed by atoms with Crippen LogP contribution in [0.3, 0.4) is 0 Å². The quantitative estimate of drug-likeness (QED) is 0.622. The fourth-order valence-electron chi connectivity index (χ4n) is 2.33. The molecule has 138 valence electrons. The maximum Gasteiger partial charge on any atom is 0.289 e. The Hall–Kier alpha value is -2.05. The van der Waals surface area contributed by atoms with Gasteiger partial charge in [0, 0.05) is 31.8 Å². The molecule has 1 aromatic rings. The molecule has 0 aliphatic rings. The van der Waals surface area contributed by atoms with Gasteiger partial charge in [0.25, 0.3) is 5.91 Å². The second kappa shape index (κ2) is 9.44. The summed E-state index contributed by atoms with van der Waals surface area (Å²) in [5.74, 6) is -1.58. The molecule has 0 aromatic heterocycles. The van der Waals surface area contributed by atoms with Gasteiger partial charge < -0.3 is 15.1 Å². The fourth-order valence-corrected chi connectivity index (χ4v) is 2.33. The van der Waals surface area contributed by atoms with Crippen molar-refractivity contribution in [1.82, 2.24) is 4.90 Å². The number of nitrogens with zero attached hydrogens (tertiary/aromatic N) is 1. The lowest BCUT2D eigenvalue weighted by molar-refractivity contribution is -0.144. The number of ketones is 2. The SMILES string of the molecule is CN(Cc1ccccc1)C(=O)C(=O)CCCC(=O)[C@H](O)C(C)(C)CO. The molecule has 6 nitrogen and oxygen atoms in total. The summed E-state index contributed by atoms with van der Waals surface area (Å²) in [6.45, 7) is 3.20. The molecule has 0 aliphatic carbocycles. The fraction of sp³-hybridized carbons (Fsp3) is 0.526. The standard InChI is InChI=1S/C19H27NO5/c1-19(2,13-21)17(24)15(22)10-7-11-16(23)18(25)20(3)12-14-8-5-4-6-9-14/h4-6,8-9,17,21,24H,7,10-13H2,1-3H3/t17-/m0/s1. The van der Waals surface area contributed by atoms with E-state index < -0.39 is 29.0 Å². The van der Waals surface area contributed by atoms with Gasteiger partial charge in [0.2, 0.25) is 5.78 Å². The van der Waals surface area contributed by atoms with Crippen LogP contribution in [0.1, 0.15) is 38.7 Å². The van der Waals surface area contributed by atoms with Crippen molar-refractivity contribution in [3.8, 4) is 0 Å². The highest BCUT2D eigenvalue weighted by atomic mass is 16.3. The number of rotatable bonds is 10. The van der Waals surface area contributed by atoms with Gasteiger partial charge in [-0.25, -0.2) is 0 Å². The highest BCUT2D eigenvalue weighted by Crippen LogP contribution is 2.21. The third-order valence-electron chi connectivity index (χ3n) is 4.13. The van der Waals surface area contributed by atoms with E-state index in [2.05, 4.69) is 0 Å². The second-order valence-electron chi connectivity index (χ2n) is 6.94. The van der Waals surface area contributed by atoms with Gasteiger partial charge in [-0.15, -0.1) is 0 Å². The molecule has 1 rings (SSSR count). The highest BCUT2D eigenvalue weighted by Gasteiger charge is 2.32. The van der Waals surface area contributed by atoms with Crippen LogP contribution in [0, 0.1) is 5.41 Å². The van der Waals surface area contributed by atoms with Gasteiger partial charge in [0.15, 0.2) is 5.78 Å². The molecule has 0 fully saturated rings. The van der Waals surface area contributed by atoms with E-state index in [1.165, 1.54) is 4.90 Å². The lowest BCUT2D eigenvalue weighted by Crippen LogP contribution is -2.39. The Morgan fingerprint density at radius 1 is 1.12 bits per heavy atom. The number of aliphatic hydroxyl groups is 2. The first-order valence-electron chi connectivity index (χ1n) is 8.33. The van der Waals surface area contributed by atoms with Crippen LogP contribution in [-0.4, -0.2) is 52.3 Å². The number of carbonyl (C=O) groups excluding carboxylic acids is 3. The average molecular weight is 349 g/mol. The van der Waals surface area contributed by atoms with E-state index in [0.717, 1.165) is 5.56 Å². The number of amides is 1. The van der Waals surface area contributed by atoms with Crippen molar-refractivity contribution in [3.05, 3.63) is 35.9 Å². The molecular formula is C19H27NO5. The molecular weight excluding hydrogens is 322 g/mol. The maximum absolute atomic E-state index is 12.1. The minimum atomic E-state index is -1.29. The second-order valence-corrected chi connectivity index (χ2v) is 6.94. The Kier molecular flexibility index (Phi) is 7.93. The molecule has 1 aromatic carbocycles. The zero-order chi connectivity index (χ0) is 19.0. The van der Waals surface area contributed by atoms with Crippen molar-refractivity contribution in [2.75, 3.05) is 13.7 Å². The van der Waals surface area contributed by atoms with Crippen molar-refractivity contribution in [2.24, 2.45) is 5.41 Å². The van der Waals surface area contributed by atoms with Gasteiger partial charge in [0.1, 0.15) is 6.10 Å². The number of Topliss-reactive ketones (excluding diaryl/α,β-unsaturated/α-hetero) is 2. The first-order valence-corrected chi connectivity index (χ1v) is 8.33. The van der Waals surface area contributed by atoms with Crippen molar-refractivity contribution in [2.45, 2.75) is 45.8 Å². The first-order chi connectivity index (χ1) is 11.7. The third-order valence-corrected chi connectivity index (χ3v) is 4.13. The maximum atomic E-state index is 12.1. The van der Waals surface area contributed by atoms with Crippen molar-refractivity contribution in [3.63, 3.8) is 0 Å². The zero-order valence-electron chi connectivity index (χ0n) is 15.1. The zero-order valence-corrected chi connectivity index (χ0v) is 15.1. The summed E-state index contributed by atoms with van der Waals surface area (Å²) in [6.07, 6.45) is -1.15. The summed E-state index contributed by atoms with van der Waals surface area (Å²) >= 11 is 0. The summed E-state index contributed by atoms with van der Waals surface area (Å²) in [4.78, 5) is 37.3. The van der Waals surface area contributed by atoms with Gasteiger partial charge in [-0.3, -0.25) is 14.4 Å². The number of likely N-dealkylation sites (N-methyl/N-ethyl adjacent to an activating group) is 1. The van der Waals surface area contributed by atoms with E-state index in [0.29, 0.717) is 6.54 Å². The molecule has 0 unspecified atom stereocenters. The largest absolute Gasteiger partial charge is 0.396 e. The molecule has 0 aliphatic heterocycles. The van der Waals surface area contributed by atoms with Crippen LogP contribution in [0.5, 0.6) is 0 Å². The minimum absolute atomic E-state index is 0.00792. The van der Waals surface area contributed by atoms with Gasteiger partial charge in [0.05, 0.1) is 6.61 Å². The lowest BCUT2D eigenvalue weighted by Gasteiger charge is -2.27. The Balaban J connectivity index is 2.43. The molecule has 0 bridgehead atoms. The Morgan fingerprint density at radius 3 is 2.28 bits per heavy atom. The summed E-state index contributed by atoms with van der Waals surface area (Å²) in [5.41, 5.74) is 0.00276. The van der Waals surface area contributed by atoms with Crippen molar-refractivity contribution < 1.29 is 24.6 Å². The van der Waals surface area contributed by atoms with E-state index in [1.54, 1.807) is 20.9 Å². The van der Waals surface area contributed by atoms with Crippen LogP contribution in [-0.2, 0) is 20.9 Å².